The summed E-state index contributed by atoms with van der Waals surface area (Å²) in [6.45, 7) is 4.90. The van der Waals surface area contributed by atoms with E-state index < -0.39 is 33.9 Å². The molecule has 1 amide bonds. The number of amides is 1. The highest BCUT2D eigenvalue weighted by Gasteiger charge is 2.66. The number of carbonyl (C=O) groups excluding carboxylic acids is 3. The topological polar surface area (TPSA) is 128 Å². The summed E-state index contributed by atoms with van der Waals surface area (Å²) in [5.41, 5.74) is 1.40. The van der Waals surface area contributed by atoms with Crippen LogP contribution >= 0.6 is 11.8 Å². The van der Waals surface area contributed by atoms with Crippen molar-refractivity contribution in [3.8, 4) is 0 Å². The average Bonchev–Trinajstić information content (AvgIpc) is 3.03. The van der Waals surface area contributed by atoms with Crippen molar-refractivity contribution in [3.05, 3.63) is 123 Å². The van der Waals surface area contributed by atoms with E-state index in [1.165, 1.54) is 41.9 Å². The van der Waals surface area contributed by atoms with Crippen molar-refractivity contribution >= 4 is 41.5 Å². The minimum atomic E-state index is -1.19. The van der Waals surface area contributed by atoms with Crippen LogP contribution in [0, 0.1) is 16.0 Å². The molecule has 10 nitrogen and oxygen atoms in total. The van der Waals surface area contributed by atoms with Crippen molar-refractivity contribution in [2.75, 3.05) is 12.4 Å². The van der Waals surface area contributed by atoms with E-state index in [-0.39, 0.29) is 29.8 Å². The zero-order chi connectivity index (χ0) is 31.4. The van der Waals surface area contributed by atoms with E-state index in [1.807, 2.05) is 74.5 Å². The molecule has 0 aliphatic carbocycles. The SMILES string of the molecule is CC(=O)OCC1=C(C(=O)OC(c2ccccc2)c2ccccc2)N2C(=O)[C@@](N=Cc3ccc([N+](=O)[O-])cc3)(C(C)C)[C@H]2SC1. The monoisotopic (exact) mass is 613 g/mol. The molecule has 0 N–H and O–H groups in total. The highest BCUT2D eigenvalue weighted by Crippen LogP contribution is 2.52. The molecule has 0 spiro atoms. The van der Waals surface area contributed by atoms with Gasteiger partial charge in [0.2, 0.25) is 0 Å². The Kier molecular flexibility index (Phi) is 8.96. The molecular formula is C33H31N3O7S. The van der Waals surface area contributed by atoms with E-state index in [0.717, 1.165) is 11.1 Å². The van der Waals surface area contributed by atoms with Crippen LogP contribution in [0.4, 0.5) is 5.69 Å². The molecule has 0 unspecified atom stereocenters. The van der Waals surface area contributed by atoms with Gasteiger partial charge in [0, 0.05) is 36.6 Å². The first-order valence-electron chi connectivity index (χ1n) is 14.0. The fourth-order valence-electron chi connectivity index (χ4n) is 5.33. The lowest BCUT2D eigenvalue weighted by Crippen LogP contribution is -2.75. The molecule has 3 aromatic carbocycles. The van der Waals surface area contributed by atoms with Gasteiger partial charge in [0.25, 0.3) is 11.6 Å². The quantitative estimate of drug-likeness (QED) is 0.0968. The fraction of sp³-hybridized carbons (Fsp3) is 0.273. The molecule has 11 heteroatoms. The molecule has 2 heterocycles. The minimum Gasteiger partial charge on any atom is -0.461 e. The number of hydrogen-bond donors (Lipinski definition) is 0. The van der Waals surface area contributed by atoms with Crippen LogP contribution in [-0.2, 0) is 23.9 Å². The van der Waals surface area contributed by atoms with E-state index in [2.05, 4.69) is 0 Å². The molecule has 0 radical (unpaired) electrons. The molecule has 2 aliphatic rings. The van der Waals surface area contributed by atoms with Crippen LogP contribution in [0.3, 0.4) is 0 Å². The van der Waals surface area contributed by atoms with E-state index in [4.69, 9.17) is 14.5 Å². The van der Waals surface area contributed by atoms with E-state index >= 15 is 0 Å². The molecule has 0 aromatic heterocycles. The van der Waals surface area contributed by atoms with Crippen molar-refractivity contribution in [2.24, 2.45) is 10.9 Å². The van der Waals surface area contributed by atoms with Crippen molar-refractivity contribution in [1.82, 2.24) is 4.90 Å². The lowest BCUT2D eigenvalue weighted by molar-refractivity contribution is -0.384. The largest absolute Gasteiger partial charge is 0.461 e. The number of non-ortho nitro benzene ring substituents is 1. The standard InChI is InChI=1S/C33H31N3O7S/c1-21(2)33(34-18-23-14-16-27(17-15-23)36(40)41)31(39)35-28(26(19-42-22(3)37)20-44-32(33)35)30(38)43-29(24-10-6-4-7-11-24)25-12-8-5-9-13-25/h4-18,21,29,32H,19-20H2,1-3H3/t32-,33+/m1/s1. The average molecular weight is 614 g/mol. The van der Waals surface area contributed by atoms with Gasteiger partial charge >= 0.3 is 11.9 Å². The van der Waals surface area contributed by atoms with Gasteiger partial charge in [0.05, 0.1) is 4.92 Å². The maximum Gasteiger partial charge on any atom is 0.356 e. The highest BCUT2D eigenvalue weighted by molar-refractivity contribution is 8.00. The molecular weight excluding hydrogens is 582 g/mol. The van der Waals surface area contributed by atoms with Gasteiger partial charge in [-0.25, -0.2) is 4.79 Å². The summed E-state index contributed by atoms with van der Waals surface area (Å²) in [4.78, 5) is 56.6. The number of nitro benzene ring substituents is 1. The van der Waals surface area contributed by atoms with E-state index in [0.29, 0.717) is 16.9 Å². The minimum absolute atomic E-state index is 0.0487. The van der Waals surface area contributed by atoms with Gasteiger partial charge in [0.15, 0.2) is 11.6 Å². The molecule has 5 rings (SSSR count). The zero-order valence-electron chi connectivity index (χ0n) is 24.4. The lowest BCUT2D eigenvalue weighted by atomic mass is 9.77. The summed E-state index contributed by atoms with van der Waals surface area (Å²) >= 11 is 1.43. The Hall–Kier alpha value is -4.77. The summed E-state index contributed by atoms with van der Waals surface area (Å²) in [5, 5.41) is 10.5. The Labute approximate surface area is 258 Å². The lowest BCUT2D eigenvalue weighted by Gasteiger charge is -2.57. The van der Waals surface area contributed by atoms with Crippen LogP contribution in [0.2, 0.25) is 0 Å². The van der Waals surface area contributed by atoms with Gasteiger partial charge in [0.1, 0.15) is 17.7 Å². The predicted molar refractivity (Wildman–Crippen MR) is 166 cm³/mol. The van der Waals surface area contributed by atoms with Crippen LogP contribution in [0.25, 0.3) is 0 Å². The third kappa shape index (κ3) is 5.87. The number of benzene rings is 3. The number of thioether (sulfide) groups is 1. The van der Waals surface area contributed by atoms with Gasteiger partial charge in [-0.2, -0.15) is 0 Å². The number of ether oxygens (including phenoxy) is 2. The molecule has 2 atom stereocenters. The molecule has 0 bridgehead atoms. The normalized spacial score (nSPS) is 19.6. The van der Waals surface area contributed by atoms with Gasteiger partial charge < -0.3 is 9.47 Å². The maximum absolute atomic E-state index is 14.1. The number of nitro groups is 1. The molecule has 1 saturated heterocycles. The number of carbonyl (C=O) groups is 3. The van der Waals surface area contributed by atoms with Gasteiger partial charge in [-0.05, 0) is 34.7 Å². The highest BCUT2D eigenvalue weighted by atomic mass is 32.2. The van der Waals surface area contributed by atoms with Gasteiger partial charge in [-0.1, -0.05) is 74.5 Å². The Bertz CT molecular complexity index is 1580. The Morgan fingerprint density at radius 2 is 1.64 bits per heavy atom. The Morgan fingerprint density at radius 3 is 2.16 bits per heavy atom. The molecule has 0 saturated carbocycles. The van der Waals surface area contributed by atoms with Crippen molar-refractivity contribution in [2.45, 2.75) is 37.8 Å². The number of aliphatic imine (C=N–C) groups is 1. The van der Waals surface area contributed by atoms with Gasteiger partial charge in [-0.15, -0.1) is 11.8 Å². The summed E-state index contributed by atoms with van der Waals surface area (Å²) < 4.78 is 11.4. The molecule has 3 aromatic rings. The summed E-state index contributed by atoms with van der Waals surface area (Å²) in [5.74, 6) is -1.53. The fourth-order valence-corrected chi connectivity index (χ4v) is 6.94. The van der Waals surface area contributed by atoms with Crippen LogP contribution in [0.5, 0.6) is 0 Å². The Balaban J connectivity index is 1.50. The first-order valence-corrected chi connectivity index (χ1v) is 15.1. The summed E-state index contributed by atoms with van der Waals surface area (Å²) in [7, 11) is 0. The molecule has 226 valence electrons. The molecule has 1 fully saturated rings. The second-order valence-electron chi connectivity index (χ2n) is 10.8. The van der Waals surface area contributed by atoms with Gasteiger partial charge in [-0.3, -0.25) is 29.6 Å². The number of β-lactam (4-membered cyclic amide) rings is 1. The smallest absolute Gasteiger partial charge is 0.356 e. The van der Waals surface area contributed by atoms with Crippen LogP contribution in [0.1, 0.15) is 43.6 Å². The summed E-state index contributed by atoms with van der Waals surface area (Å²) in [6, 6.07) is 24.5. The number of hydrogen-bond acceptors (Lipinski definition) is 9. The van der Waals surface area contributed by atoms with Crippen LogP contribution in [0.15, 0.2) is 101 Å². The van der Waals surface area contributed by atoms with Crippen LogP contribution in [-0.4, -0.2) is 57.2 Å². The number of fused-ring (bicyclic) bond motifs is 1. The first kappa shape index (κ1) is 30.7. The second-order valence-corrected chi connectivity index (χ2v) is 11.8. The number of rotatable bonds is 10. The van der Waals surface area contributed by atoms with Crippen molar-refractivity contribution in [3.63, 3.8) is 0 Å². The van der Waals surface area contributed by atoms with E-state index in [1.54, 1.807) is 12.1 Å². The zero-order valence-corrected chi connectivity index (χ0v) is 25.2. The third-order valence-electron chi connectivity index (χ3n) is 7.65. The maximum atomic E-state index is 14.1. The Morgan fingerprint density at radius 1 is 1.05 bits per heavy atom. The van der Waals surface area contributed by atoms with E-state index in [9.17, 15) is 24.5 Å². The van der Waals surface area contributed by atoms with Crippen molar-refractivity contribution < 1.29 is 28.8 Å². The molecule has 44 heavy (non-hydrogen) atoms. The number of nitrogens with zero attached hydrogens (tertiary/aromatic N) is 3. The van der Waals surface area contributed by atoms with Crippen LogP contribution < -0.4 is 0 Å². The summed E-state index contributed by atoms with van der Waals surface area (Å²) in [6.07, 6.45) is 0.794. The molecule has 2 aliphatic heterocycles. The number of esters is 2. The first-order chi connectivity index (χ1) is 21.1. The second kappa shape index (κ2) is 12.8. The predicted octanol–water partition coefficient (Wildman–Crippen LogP) is 5.47. The van der Waals surface area contributed by atoms with Crippen molar-refractivity contribution in [1.29, 1.82) is 0 Å². The third-order valence-corrected chi connectivity index (χ3v) is 9.05.